The number of carboxylic acid groups (broad SMARTS) is 1. The molecule has 2 fully saturated rings. The van der Waals surface area contributed by atoms with E-state index in [9.17, 15) is 22.4 Å². The summed E-state index contributed by atoms with van der Waals surface area (Å²) >= 11 is 5.90. The van der Waals surface area contributed by atoms with Crippen LogP contribution in [-0.2, 0) is 22.6 Å². The van der Waals surface area contributed by atoms with Gasteiger partial charge in [0.25, 0.3) is 0 Å². The first-order valence-electron chi connectivity index (χ1n) is 10.8. The number of piperidine rings is 1. The highest BCUT2D eigenvalue weighted by Gasteiger charge is 2.46. The van der Waals surface area contributed by atoms with Gasteiger partial charge in [-0.25, -0.2) is 9.18 Å². The van der Waals surface area contributed by atoms with E-state index in [1.807, 2.05) is 41.3 Å². The number of aliphatic carboxylic acids is 1. The third-order valence-corrected chi connectivity index (χ3v) is 6.44. The number of hydrogen-bond donors (Lipinski definition) is 1. The number of amides is 1. The van der Waals surface area contributed by atoms with Crippen LogP contribution in [-0.4, -0.2) is 59.1 Å². The Balaban J connectivity index is 0.000000406. The lowest BCUT2D eigenvalue weighted by molar-refractivity contribution is -0.192. The van der Waals surface area contributed by atoms with E-state index in [0.29, 0.717) is 18.0 Å². The smallest absolute Gasteiger partial charge is 0.475 e. The van der Waals surface area contributed by atoms with Gasteiger partial charge in [-0.1, -0.05) is 41.9 Å². The molecule has 10 heteroatoms. The largest absolute Gasteiger partial charge is 0.490 e. The Hall–Kier alpha value is -2.65. The molecule has 0 radical (unpaired) electrons. The molecule has 5 nitrogen and oxygen atoms in total. The number of carbonyl (C=O) groups excluding carboxylic acids is 1. The average Bonchev–Trinajstić information content (AvgIpc) is 2.76. The van der Waals surface area contributed by atoms with Crippen LogP contribution in [0, 0.1) is 11.2 Å². The van der Waals surface area contributed by atoms with Gasteiger partial charge in [0.2, 0.25) is 5.91 Å². The van der Waals surface area contributed by atoms with Gasteiger partial charge in [-0.15, -0.1) is 0 Å². The van der Waals surface area contributed by atoms with Gasteiger partial charge in [0.15, 0.2) is 0 Å². The summed E-state index contributed by atoms with van der Waals surface area (Å²) in [7, 11) is 0. The van der Waals surface area contributed by atoms with E-state index in [1.54, 1.807) is 6.07 Å². The Morgan fingerprint density at radius 3 is 2.09 bits per heavy atom. The zero-order valence-electron chi connectivity index (χ0n) is 18.3. The predicted molar refractivity (Wildman–Crippen MR) is 119 cm³/mol. The molecule has 1 N–H and O–H groups in total. The van der Waals surface area contributed by atoms with Crippen molar-refractivity contribution in [3.05, 3.63) is 70.5 Å². The third-order valence-electron chi connectivity index (χ3n) is 6.18. The van der Waals surface area contributed by atoms with Crippen molar-refractivity contribution in [1.29, 1.82) is 0 Å². The summed E-state index contributed by atoms with van der Waals surface area (Å²) < 4.78 is 45.6. The molecule has 0 saturated carbocycles. The van der Waals surface area contributed by atoms with Gasteiger partial charge in [-0.3, -0.25) is 9.69 Å². The van der Waals surface area contributed by atoms with Crippen molar-refractivity contribution >= 4 is 23.5 Å². The first-order chi connectivity index (χ1) is 16.0. The van der Waals surface area contributed by atoms with Crippen molar-refractivity contribution in [1.82, 2.24) is 9.80 Å². The maximum Gasteiger partial charge on any atom is 0.490 e. The van der Waals surface area contributed by atoms with Gasteiger partial charge < -0.3 is 10.0 Å². The van der Waals surface area contributed by atoms with Crippen molar-refractivity contribution in [3.63, 3.8) is 0 Å². The molecule has 2 aliphatic heterocycles. The fraction of sp³-hybridized carbons (Fsp3) is 0.417. The molecule has 0 bridgehead atoms. The summed E-state index contributed by atoms with van der Waals surface area (Å²) in [6.07, 6.45) is -2.50. The molecule has 1 spiro atoms. The lowest BCUT2D eigenvalue weighted by Gasteiger charge is -2.54. The minimum absolute atomic E-state index is 0.125. The number of carbonyl (C=O) groups is 2. The van der Waals surface area contributed by atoms with Crippen LogP contribution in [0.15, 0.2) is 48.5 Å². The number of halogens is 5. The van der Waals surface area contributed by atoms with Crippen LogP contribution in [0.5, 0.6) is 0 Å². The number of likely N-dealkylation sites (tertiary alicyclic amines) is 2. The molecule has 2 heterocycles. The van der Waals surface area contributed by atoms with Crippen LogP contribution in [0.2, 0.25) is 5.02 Å². The number of nitrogens with zero attached hydrogens (tertiary/aromatic N) is 2. The number of benzene rings is 2. The zero-order valence-corrected chi connectivity index (χ0v) is 19.1. The monoisotopic (exact) mass is 500 g/mol. The Morgan fingerprint density at radius 2 is 1.56 bits per heavy atom. The molecule has 0 aromatic heterocycles. The zero-order chi connectivity index (χ0) is 24.9. The van der Waals surface area contributed by atoms with Gasteiger partial charge in [-0.05, 0) is 49.7 Å². The normalized spacial score (nSPS) is 17.5. The number of alkyl halides is 3. The summed E-state index contributed by atoms with van der Waals surface area (Å²) in [5.74, 6) is -2.69. The first-order valence-corrected chi connectivity index (χ1v) is 11.1. The molecule has 2 aliphatic rings. The molecule has 2 aromatic rings. The van der Waals surface area contributed by atoms with E-state index < -0.39 is 12.1 Å². The molecular weight excluding hydrogens is 476 g/mol. The molecule has 2 saturated heterocycles. The van der Waals surface area contributed by atoms with Crippen molar-refractivity contribution < 1.29 is 32.3 Å². The van der Waals surface area contributed by atoms with E-state index in [-0.39, 0.29) is 17.1 Å². The summed E-state index contributed by atoms with van der Waals surface area (Å²) in [4.78, 5) is 25.7. The van der Waals surface area contributed by atoms with Crippen LogP contribution >= 0.6 is 11.6 Å². The fourth-order valence-electron chi connectivity index (χ4n) is 4.20. The molecule has 1 amide bonds. The summed E-state index contributed by atoms with van der Waals surface area (Å²) in [5, 5.41) is 7.82. The van der Waals surface area contributed by atoms with Gasteiger partial charge in [0.1, 0.15) is 5.82 Å². The molecule has 34 heavy (non-hydrogen) atoms. The van der Waals surface area contributed by atoms with Crippen LogP contribution in [0.1, 0.15) is 24.0 Å². The lowest BCUT2D eigenvalue weighted by Crippen LogP contribution is -2.62. The minimum Gasteiger partial charge on any atom is -0.475 e. The molecule has 184 valence electrons. The highest BCUT2D eigenvalue weighted by atomic mass is 35.5. The fourth-order valence-corrected chi connectivity index (χ4v) is 4.32. The van der Waals surface area contributed by atoms with Crippen molar-refractivity contribution in [2.24, 2.45) is 5.41 Å². The number of carboxylic acids is 1. The van der Waals surface area contributed by atoms with E-state index in [0.717, 1.165) is 50.1 Å². The Labute approximate surface area is 199 Å². The summed E-state index contributed by atoms with van der Waals surface area (Å²) in [6, 6.07) is 14.5. The standard InChI is InChI=1S/C22H24ClFN2O.C2HF3O2/c23-19-7-5-17(6-8-19)13-21(27)26-15-22(16-26)9-11-25(12-10-22)14-18-3-1-2-4-20(18)24;3-2(4,5)1(6)7/h1-8H,9-16H2;(H,6,7). The third kappa shape index (κ3) is 6.93. The summed E-state index contributed by atoms with van der Waals surface area (Å²) in [6.45, 7) is 4.31. The van der Waals surface area contributed by atoms with E-state index in [2.05, 4.69) is 4.90 Å². The number of hydrogen-bond acceptors (Lipinski definition) is 3. The minimum atomic E-state index is -5.08. The second kappa shape index (κ2) is 10.7. The highest BCUT2D eigenvalue weighted by Crippen LogP contribution is 2.41. The maximum atomic E-state index is 13.8. The Kier molecular flexibility index (Phi) is 8.20. The van der Waals surface area contributed by atoms with Gasteiger partial charge in [0.05, 0.1) is 6.42 Å². The van der Waals surface area contributed by atoms with Crippen LogP contribution in [0.25, 0.3) is 0 Å². The molecule has 4 rings (SSSR count). The van der Waals surface area contributed by atoms with E-state index in [4.69, 9.17) is 21.5 Å². The first kappa shape index (κ1) is 26.0. The van der Waals surface area contributed by atoms with Crippen LogP contribution in [0.3, 0.4) is 0 Å². The topological polar surface area (TPSA) is 60.9 Å². The van der Waals surface area contributed by atoms with Crippen LogP contribution < -0.4 is 0 Å². The van der Waals surface area contributed by atoms with Crippen LogP contribution in [0.4, 0.5) is 17.6 Å². The van der Waals surface area contributed by atoms with Crippen molar-refractivity contribution in [3.8, 4) is 0 Å². The van der Waals surface area contributed by atoms with E-state index in [1.165, 1.54) is 6.07 Å². The number of rotatable bonds is 4. The quantitative estimate of drug-likeness (QED) is 0.614. The molecule has 2 aromatic carbocycles. The van der Waals surface area contributed by atoms with Crippen molar-refractivity contribution in [2.45, 2.75) is 32.0 Å². The van der Waals surface area contributed by atoms with Gasteiger partial charge >= 0.3 is 12.1 Å². The maximum absolute atomic E-state index is 13.8. The average molecular weight is 501 g/mol. The second-order valence-electron chi connectivity index (χ2n) is 8.72. The Bertz CT molecular complexity index is 998. The summed E-state index contributed by atoms with van der Waals surface area (Å²) in [5.41, 5.74) is 2.04. The lowest BCUT2D eigenvalue weighted by atomic mass is 9.71. The molecule has 0 aliphatic carbocycles. The SMILES string of the molecule is O=C(Cc1ccc(Cl)cc1)N1CC2(CCN(Cc3ccccc3F)CC2)C1.O=C(O)C(F)(F)F. The Morgan fingerprint density at radius 1 is 1.00 bits per heavy atom. The second-order valence-corrected chi connectivity index (χ2v) is 9.16. The van der Waals surface area contributed by atoms with E-state index >= 15 is 0 Å². The molecule has 0 unspecified atom stereocenters. The predicted octanol–water partition coefficient (Wildman–Crippen LogP) is 4.78. The van der Waals surface area contributed by atoms with Crippen molar-refractivity contribution in [2.75, 3.05) is 26.2 Å². The van der Waals surface area contributed by atoms with Gasteiger partial charge in [0, 0.05) is 35.6 Å². The van der Waals surface area contributed by atoms with Gasteiger partial charge in [-0.2, -0.15) is 13.2 Å². The molecule has 0 atom stereocenters. The molecular formula is C24H25ClF4N2O3. The highest BCUT2D eigenvalue weighted by molar-refractivity contribution is 6.30.